The second-order valence-corrected chi connectivity index (χ2v) is 4.50. The molecule has 0 fully saturated rings. The lowest BCUT2D eigenvalue weighted by molar-refractivity contribution is 0.588. The largest absolute Gasteiger partial charge is 0.192 e. The summed E-state index contributed by atoms with van der Waals surface area (Å²) in [5, 5.41) is 27.0. The van der Waals surface area contributed by atoms with Crippen LogP contribution in [0.1, 0.15) is 43.0 Å². The number of hydrogen-bond acceptors (Lipinski definition) is 3. The van der Waals surface area contributed by atoms with Crippen LogP contribution in [0.3, 0.4) is 0 Å². The van der Waals surface area contributed by atoms with E-state index in [9.17, 15) is 0 Å². The molecule has 1 aromatic rings. The third-order valence-electron chi connectivity index (χ3n) is 2.36. The maximum atomic E-state index is 9.10. The first kappa shape index (κ1) is 11.8. The van der Waals surface area contributed by atoms with Crippen LogP contribution in [0.25, 0.3) is 0 Å². The Hall–Kier alpha value is -2.31. The fourth-order valence-electron chi connectivity index (χ4n) is 1.55. The zero-order valence-corrected chi connectivity index (χ0v) is 9.50. The van der Waals surface area contributed by atoms with Crippen LogP contribution in [0.2, 0.25) is 0 Å². The minimum absolute atomic E-state index is 0.178. The van der Waals surface area contributed by atoms with Crippen molar-refractivity contribution < 1.29 is 0 Å². The molecule has 0 radical (unpaired) electrons. The van der Waals surface area contributed by atoms with E-state index in [0.29, 0.717) is 5.56 Å². The quantitative estimate of drug-likeness (QED) is 0.659. The summed E-state index contributed by atoms with van der Waals surface area (Å²) in [6, 6.07) is 9.23. The first-order chi connectivity index (χ1) is 7.45. The van der Waals surface area contributed by atoms with E-state index in [4.69, 9.17) is 15.8 Å². The van der Waals surface area contributed by atoms with Crippen LogP contribution < -0.4 is 0 Å². The summed E-state index contributed by atoms with van der Waals surface area (Å²) in [6.07, 6.45) is 0. The molecule has 0 aliphatic heterocycles. The van der Waals surface area contributed by atoms with Gasteiger partial charge in [-0.3, -0.25) is 0 Å². The van der Waals surface area contributed by atoms with Crippen molar-refractivity contribution in [2.24, 2.45) is 0 Å². The topological polar surface area (TPSA) is 71.4 Å². The van der Waals surface area contributed by atoms with Crippen molar-refractivity contribution >= 4 is 0 Å². The van der Waals surface area contributed by atoms with Crippen molar-refractivity contribution in [3.8, 4) is 18.2 Å². The van der Waals surface area contributed by atoms with Crippen molar-refractivity contribution in [1.82, 2.24) is 0 Å². The number of nitriles is 3. The van der Waals surface area contributed by atoms with E-state index in [1.807, 2.05) is 39.0 Å². The van der Waals surface area contributed by atoms with Crippen molar-refractivity contribution in [3.05, 3.63) is 34.4 Å². The number of rotatable bonds is 0. The third kappa shape index (κ3) is 1.88. The summed E-state index contributed by atoms with van der Waals surface area (Å²) in [5.41, 5.74) is 1.33. The van der Waals surface area contributed by atoms with Crippen LogP contribution in [0, 0.1) is 34.0 Å². The lowest BCUT2D eigenvalue weighted by Gasteiger charge is -2.21. The highest BCUT2D eigenvalue weighted by Gasteiger charge is 2.22. The van der Waals surface area contributed by atoms with Crippen molar-refractivity contribution in [3.63, 3.8) is 0 Å². The van der Waals surface area contributed by atoms with Gasteiger partial charge in [0, 0.05) is 0 Å². The molecular formula is C13H11N3. The van der Waals surface area contributed by atoms with E-state index < -0.39 is 0 Å². The van der Waals surface area contributed by atoms with Gasteiger partial charge in [-0.25, -0.2) is 0 Å². The molecule has 0 aliphatic carbocycles. The first-order valence-electron chi connectivity index (χ1n) is 4.83. The average Bonchev–Trinajstić information content (AvgIpc) is 2.25. The minimum atomic E-state index is -0.218. The highest BCUT2D eigenvalue weighted by atomic mass is 14.3. The predicted molar refractivity (Wildman–Crippen MR) is 59.3 cm³/mol. The zero-order chi connectivity index (χ0) is 12.3. The van der Waals surface area contributed by atoms with Gasteiger partial charge in [0.2, 0.25) is 0 Å². The molecule has 16 heavy (non-hydrogen) atoms. The lowest BCUT2D eigenvalue weighted by atomic mass is 9.81. The van der Waals surface area contributed by atoms with Crippen molar-refractivity contribution in [1.29, 1.82) is 15.8 Å². The number of nitrogens with zero attached hydrogens (tertiary/aromatic N) is 3. The van der Waals surface area contributed by atoms with Crippen molar-refractivity contribution in [2.45, 2.75) is 26.2 Å². The van der Waals surface area contributed by atoms with Gasteiger partial charge in [0.05, 0.1) is 16.7 Å². The van der Waals surface area contributed by atoms with Gasteiger partial charge in [0.15, 0.2) is 0 Å². The Balaban J connectivity index is 3.69. The molecule has 0 amide bonds. The molecule has 0 atom stereocenters. The Bertz CT molecular complexity index is 543. The maximum Gasteiger partial charge on any atom is 0.102 e. The number of benzene rings is 1. The van der Waals surface area contributed by atoms with Gasteiger partial charge in [0.1, 0.15) is 18.2 Å². The van der Waals surface area contributed by atoms with E-state index in [1.54, 1.807) is 12.1 Å². The molecule has 0 N–H and O–H groups in total. The van der Waals surface area contributed by atoms with Crippen LogP contribution in [0.15, 0.2) is 12.1 Å². The highest BCUT2D eigenvalue weighted by Crippen LogP contribution is 2.28. The van der Waals surface area contributed by atoms with Gasteiger partial charge in [-0.05, 0) is 17.0 Å². The lowest BCUT2D eigenvalue weighted by Crippen LogP contribution is -2.14. The fourth-order valence-corrected chi connectivity index (χ4v) is 1.55. The van der Waals surface area contributed by atoms with E-state index in [0.717, 1.165) is 5.56 Å². The molecule has 1 rings (SSSR count). The van der Waals surface area contributed by atoms with E-state index in [2.05, 4.69) is 0 Å². The second-order valence-electron chi connectivity index (χ2n) is 4.50. The molecule has 0 saturated heterocycles. The standard InChI is InChI=1S/C13H11N3/c1-13(2,3)12-5-4-9(6-14)10(7-15)11(12)8-16/h4-5H,1-3H3. The molecule has 1 aromatic carbocycles. The van der Waals surface area contributed by atoms with Gasteiger partial charge in [-0.2, -0.15) is 15.8 Å². The molecule has 0 bridgehead atoms. The van der Waals surface area contributed by atoms with Crippen LogP contribution in [-0.2, 0) is 5.41 Å². The van der Waals surface area contributed by atoms with Crippen LogP contribution in [0.5, 0.6) is 0 Å². The normalized spacial score (nSPS) is 10.0. The van der Waals surface area contributed by atoms with Gasteiger partial charge in [0.25, 0.3) is 0 Å². The Morgan fingerprint density at radius 2 is 1.44 bits per heavy atom. The zero-order valence-electron chi connectivity index (χ0n) is 9.50. The Morgan fingerprint density at radius 1 is 0.875 bits per heavy atom. The summed E-state index contributed by atoms with van der Waals surface area (Å²) in [4.78, 5) is 0. The summed E-state index contributed by atoms with van der Waals surface area (Å²) in [5.74, 6) is 0. The monoisotopic (exact) mass is 209 g/mol. The molecule has 0 saturated carbocycles. The van der Waals surface area contributed by atoms with Crippen LogP contribution in [-0.4, -0.2) is 0 Å². The average molecular weight is 209 g/mol. The van der Waals surface area contributed by atoms with E-state index in [1.165, 1.54) is 0 Å². The molecule has 0 aliphatic rings. The minimum Gasteiger partial charge on any atom is -0.192 e. The smallest absolute Gasteiger partial charge is 0.102 e. The molecule has 0 spiro atoms. The SMILES string of the molecule is CC(C)(C)c1ccc(C#N)c(C#N)c1C#N. The predicted octanol–water partition coefficient (Wildman–Crippen LogP) is 2.60. The Morgan fingerprint density at radius 3 is 1.81 bits per heavy atom. The Kier molecular flexibility index (Phi) is 2.98. The van der Waals surface area contributed by atoms with Gasteiger partial charge < -0.3 is 0 Å². The van der Waals surface area contributed by atoms with Gasteiger partial charge in [-0.1, -0.05) is 26.8 Å². The summed E-state index contributed by atoms with van der Waals surface area (Å²) >= 11 is 0. The van der Waals surface area contributed by atoms with Crippen LogP contribution in [0.4, 0.5) is 0 Å². The third-order valence-corrected chi connectivity index (χ3v) is 2.36. The van der Waals surface area contributed by atoms with E-state index in [-0.39, 0.29) is 16.5 Å². The Labute approximate surface area is 95.2 Å². The molecule has 0 heterocycles. The molecule has 0 aromatic heterocycles. The van der Waals surface area contributed by atoms with Gasteiger partial charge in [-0.15, -0.1) is 0 Å². The first-order valence-corrected chi connectivity index (χ1v) is 4.83. The van der Waals surface area contributed by atoms with Crippen molar-refractivity contribution in [2.75, 3.05) is 0 Å². The van der Waals surface area contributed by atoms with E-state index >= 15 is 0 Å². The summed E-state index contributed by atoms with van der Waals surface area (Å²) < 4.78 is 0. The fraction of sp³-hybridized carbons (Fsp3) is 0.308. The molecule has 78 valence electrons. The van der Waals surface area contributed by atoms with Crippen LogP contribution >= 0.6 is 0 Å². The molecule has 0 unspecified atom stereocenters. The second kappa shape index (κ2) is 4.05. The maximum absolute atomic E-state index is 9.10. The number of hydrogen-bond donors (Lipinski definition) is 0. The molecule has 3 nitrogen and oxygen atoms in total. The summed E-state index contributed by atoms with van der Waals surface area (Å²) in [7, 11) is 0. The molecule has 3 heteroatoms. The van der Waals surface area contributed by atoms with Gasteiger partial charge >= 0.3 is 0 Å². The summed E-state index contributed by atoms with van der Waals surface area (Å²) in [6.45, 7) is 5.91. The highest BCUT2D eigenvalue weighted by molar-refractivity contribution is 5.59. The molecular weight excluding hydrogens is 198 g/mol.